The Morgan fingerprint density at radius 3 is 1.95 bits per heavy atom. The van der Waals surface area contributed by atoms with Crippen LogP contribution in [-0.2, 0) is 0 Å². The fourth-order valence-corrected chi connectivity index (χ4v) is 3.03. The van der Waals surface area contributed by atoms with Gasteiger partial charge in [-0.05, 0) is 45.8 Å². The SMILES string of the molecule is CN1CCC(NC2CCN(C(=O)N(C)C)CC2)CC1. The van der Waals surface area contributed by atoms with Gasteiger partial charge >= 0.3 is 6.03 Å². The Kier molecular flexibility index (Phi) is 5.05. The molecule has 0 unspecified atom stereocenters. The highest BCUT2D eigenvalue weighted by Crippen LogP contribution is 2.15. The second-order valence-electron chi connectivity index (χ2n) is 6.18. The maximum absolute atomic E-state index is 11.9. The molecule has 2 aliphatic heterocycles. The molecule has 5 heteroatoms. The lowest BCUT2D eigenvalue weighted by atomic mass is 10.00. The van der Waals surface area contributed by atoms with E-state index >= 15 is 0 Å². The van der Waals surface area contributed by atoms with Gasteiger partial charge in [-0.1, -0.05) is 0 Å². The van der Waals surface area contributed by atoms with Crippen molar-refractivity contribution in [2.75, 3.05) is 47.3 Å². The predicted molar refractivity (Wildman–Crippen MR) is 77.3 cm³/mol. The van der Waals surface area contributed by atoms with E-state index in [1.807, 2.05) is 19.0 Å². The number of piperidine rings is 2. The van der Waals surface area contributed by atoms with Crippen LogP contribution in [0.15, 0.2) is 0 Å². The van der Waals surface area contributed by atoms with Gasteiger partial charge in [0.25, 0.3) is 0 Å². The zero-order chi connectivity index (χ0) is 13.8. The zero-order valence-corrected chi connectivity index (χ0v) is 12.6. The van der Waals surface area contributed by atoms with Crippen molar-refractivity contribution in [3.8, 4) is 0 Å². The van der Waals surface area contributed by atoms with Crippen LogP contribution in [0.5, 0.6) is 0 Å². The molecule has 0 aliphatic carbocycles. The van der Waals surface area contributed by atoms with E-state index in [1.54, 1.807) is 4.90 Å². The Balaban J connectivity index is 1.70. The van der Waals surface area contributed by atoms with E-state index in [-0.39, 0.29) is 6.03 Å². The smallest absolute Gasteiger partial charge is 0.319 e. The molecule has 0 radical (unpaired) electrons. The van der Waals surface area contributed by atoms with Crippen LogP contribution < -0.4 is 5.32 Å². The van der Waals surface area contributed by atoms with Gasteiger partial charge in [0, 0.05) is 39.3 Å². The van der Waals surface area contributed by atoms with Gasteiger partial charge in [0.2, 0.25) is 0 Å². The van der Waals surface area contributed by atoms with Crippen molar-refractivity contribution < 1.29 is 4.79 Å². The van der Waals surface area contributed by atoms with Crippen LogP contribution in [0.4, 0.5) is 4.79 Å². The number of hydrogen-bond donors (Lipinski definition) is 1. The topological polar surface area (TPSA) is 38.8 Å². The summed E-state index contributed by atoms with van der Waals surface area (Å²) in [6.45, 7) is 4.19. The summed E-state index contributed by atoms with van der Waals surface area (Å²) in [5, 5.41) is 3.79. The van der Waals surface area contributed by atoms with Gasteiger partial charge in [-0.25, -0.2) is 4.79 Å². The van der Waals surface area contributed by atoms with Crippen molar-refractivity contribution in [1.29, 1.82) is 0 Å². The summed E-state index contributed by atoms with van der Waals surface area (Å²) in [6.07, 6.45) is 4.69. The Hall–Kier alpha value is -0.810. The van der Waals surface area contributed by atoms with E-state index in [0.29, 0.717) is 12.1 Å². The molecule has 1 N–H and O–H groups in total. The van der Waals surface area contributed by atoms with Gasteiger partial charge in [-0.15, -0.1) is 0 Å². The van der Waals surface area contributed by atoms with Crippen LogP contribution in [0.25, 0.3) is 0 Å². The van der Waals surface area contributed by atoms with Gasteiger partial charge in [0.1, 0.15) is 0 Å². The first-order valence-electron chi connectivity index (χ1n) is 7.47. The molecular formula is C14H28N4O. The molecule has 0 aromatic carbocycles. The largest absolute Gasteiger partial charge is 0.331 e. The number of likely N-dealkylation sites (tertiary alicyclic amines) is 2. The molecule has 5 nitrogen and oxygen atoms in total. The summed E-state index contributed by atoms with van der Waals surface area (Å²) < 4.78 is 0. The number of amides is 2. The minimum absolute atomic E-state index is 0.151. The average Bonchev–Trinajstić information content (AvgIpc) is 2.41. The maximum Gasteiger partial charge on any atom is 0.319 e. The molecule has 0 bridgehead atoms. The molecule has 2 amide bonds. The molecule has 2 heterocycles. The standard InChI is InChI=1S/C14H28N4O/c1-16(2)14(19)18-10-6-13(7-11-18)15-12-4-8-17(3)9-5-12/h12-13,15H,4-11H2,1-3H3. The second-order valence-corrected chi connectivity index (χ2v) is 6.18. The van der Waals surface area contributed by atoms with Crippen molar-refractivity contribution >= 4 is 6.03 Å². The van der Waals surface area contributed by atoms with Gasteiger partial charge in [0.05, 0.1) is 0 Å². The lowest BCUT2D eigenvalue weighted by Crippen LogP contribution is -2.51. The molecule has 0 aromatic rings. The number of nitrogens with zero attached hydrogens (tertiary/aromatic N) is 3. The molecule has 0 saturated carbocycles. The lowest BCUT2D eigenvalue weighted by Gasteiger charge is -2.37. The predicted octanol–water partition coefficient (Wildman–Crippen LogP) is 0.816. The molecular weight excluding hydrogens is 240 g/mol. The molecule has 2 saturated heterocycles. The number of rotatable bonds is 2. The van der Waals surface area contributed by atoms with Crippen LogP contribution in [0.3, 0.4) is 0 Å². The number of carbonyl (C=O) groups is 1. The fraction of sp³-hybridized carbons (Fsp3) is 0.929. The summed E-state index contributed by atoms with van der Waals surface area (Å²) in [5.41, 5.74) is 0. The van der Waals surface area contributed by atoms with Crippen LogP contribution in [0.2, 0.25) is 0 Å². The van der Waals surface area contributed by atoms with Crippen molar-refractivity contribution in [1.82, 2.24) is 20.0 Å². The minimum Gasteiger partial charge on any atom is -0.331 e. The highest BCUT2D eigenvalue weighted by molar-refractivity contribution is 5.73. The number of hydrogen-bond acceptors (Lipinski definition) is 3. The molecule has 19 heavy (non-hydrogen) atoms. The van der Waals surface area contributed by atoms with E-state index in [9.17, 15) is 4.79 Å². The van der Waals surface area contributed by atoms with Gasteiger partial charge in [0.15, 0.2) is 0 Å². The Morgan fingerprint density at radius 1 is 1.00 bits per heavy atom. The Morgan fingerprint density at radius 2 is 1.47 bits per heavy atom. The van der Waals surface area contributed by atoms with E-state index < -0.39 is 0 Å². The molecule has 0 aromatic heterocycles. The minimum atomic E-state index is 0.151. The van der Waals surface area contributed by atoms with Crippen LogP contribution >= 0.6 is 0 Å². The van der Waals surface area contributed by atoms with E-state index in [4.69, 9.17) is 0 Å². The van der Waals surface area contributed by atoms with Crippen LogP contribution in [0, 0.1) is 0 Å². The lowest BCUT2D eigenvalue weighted by molar-refractivity contribution is 0.145. The maximum atomic E-state index is 11.9. The Labute approximate surface area is 116 Å². The first-order chi connectivity index (χ1) is 9.06. The first kappa shape index (κ1) is 14.6. The summed E-state index contributed by atoms with van der Waals surface area (Å²) in [7, 11) is 5.85. The zero-order valence-electron chi connectivity index (χ0n) is 12.6. The summed E-state index contributed by atoms with van der Waals surface area (Å²) in [5.74, 6) is 0. The second kappa shape index (κ2) is 6.57. The average molecular weight is 268 g/mol. The van der Waals surface area contributed by atoms with Crippen molar-refractivity contribution in [2.24, 2.45) is 0 Å². The molecule has 0 spiro atoms. The molecule has 0 atom stereocenters. The normalized spacial score (nSPS) is 23.6. The first-order valence-corrected chi connectivity index (χ1v) is 7.47. The monoisotopic (exact) mass is 268 g/mol. The van der Waals surface area contributed by atoms with E-state index in [2.05, 4.69) is 17.3 Å². The van der Waals surface area contributed by atoms with Crippen molar-refractivity contribution in [3.63, 3.8) is 0 Å². The van der Waals surface area contributed by atoms with Crippen LogP contribution in [0.1, 0.15) is 25.7 Å². The molecule has 2 aliphatic rings. The summed E-state index contributed by atoms with van der Waals surface area (Å²) in [6, 6.07) is 1.43. The van der Waals surface area contributed by atoms with E-state index in [1.165, 1.54) is 25.9 Å². The third-order valence-electron chi connectivity index (χ3n) is 4.34. The summed E-state index contributed by atoms with van der Waals surface area (Å²) >= 11 is 0. The number of urea groups is 1. The van der Waals surface area contributed by atoms with E-state index in [0.717, 1.165) is 25.9 Å². The van der Waals surface area contributed by atoms with Crippen molar-refractivity contribution in [2.45, 2.75) is 37.8 Å². The number of nitrogens with one attached hydrogen (secondary N) is 1. The van der Waals surface area contributed by atoms with Gasteiger partial charge in [-0.3, -0.25) is 0 Å². The van der Waals surface area contributed by atoms with Crippen molar-refractivity contribution in [3.05, 3.63) is 0 Å². The quantitative estimate of drug-likeness (QED) is 0.806. The highest BCUT2D eigenvalue weighted by atomic mass is 16.2. The van der Waals surface area contributed by atoms with Gasteiger partial charge in [-0.2, -0.15) is 0 Å². The van der Waals surface area contributed by atoms with Crippen LogP contribution in [-0.4, -0.2) is 80.1 Å². The third-order valence-corrected chi connectivity index (χ3v) is 4.34. The van der Waals surface area contributed by atoms with Gasteiger partial charge < -0.3 is 20.0 Å². The molecule has 2 fully saturated rings. The third kappa shape index (κ3) is 4.08. The molecule has 2 rings (SSSR count). The highest BCUT2D eigenvalue weighted by Gasteiger charge is 2.26. The number of carbonyl (C=O) groups excluding carboxylic acids is 1. The summed E-state index contributed by atoms with van der Waals surface area (Å²) in [4.78, 5) is 17.9. The Bertz CT molecular complexity index is 292. The molecule has 110 valence electrons. The fourth-order valence-electron chi connectivity index (χ4n) is 3.03.